The lowest BCUT2D eigenvalue weighted by atomic mass is 9.79. The van der Waals surface area contributed by atoms with Crippen molar-refractivity contribution in [1.29, 1.82) is 0 Å². The predicted molar refractivity (Wildman–Crippen MR) is 177 cm³/mol. The summed E-state index contributed by atoms with van der Waals surface area (Å²) in [6.45, 7) is 8.07. The summed E-state index contributed by atoms with van der Waals surface area (Å²) in [6, 6.07) is 32.6. The number of ether oxygens (including phenoxy) is 4. The van der Waals surface area contributed by atoms with E-state index in [0.29, 0.717) is 39.5 Å². The fourth-order valence-corrected chi connectivity index (χ4v) is 5.76. The Hall–Kier alpha value is -3.95. The van der Waals surface area contributed by atoms with E-state index in [4.69, 9.17) is 23.8 Å². The zero-order valence-corrected chi connectivity index (χ0v) is 27.0. The third-order valence-corrected chi connectivity index (χ3v) is 7.91. The van der Waals surface area contributed by atoms with Crippen molar-refractivity contribution in [3.63, 3.8) is 0 Å². The quantitative estimate of drug-likeness (QED) is 0.122. The van der Waals surface area contributed by atoms with Gasteiger partial charge in [-0.05, 0) is 66.4 Å². The molecule has 0 saturated carbocycles. The molecule has 0 aromatic heterocycles. The molecule has 1 aliphatic heterocycles. The zero-order valence-electron chi connectivity index (χ0n) is 27.0. The highest BCUT2D eigenvalue weighted by molar-refractivity contribution is 5.82. The highest BCUT2D eigenvalue weighted by Gasteiger charge is 2.40. The summed E-state index contributed by atoms with van der Waals surface area (Å²) < 4.78 is 23.7. The van der Waals surface area contributed by atoms with Crippen LogP contribution in [0.15, 0.2) is 97.1 Å². The Labute approximate surface area is 271 Å². The average Bonchev–Trinajstić information content (AvgIpc) is 3.05. The van der Waals surface area contributed by atoms with Crippen molar-refractivity contribution >= 4 is 16.9 Å². The van der Waals surface area contributed by atoms with E-state index in [-0.39, 0.29) is 24.5 Å². The molecule has 46 heavy (non-hydrogen) atoms. The Morgan fingerprint density at radius 1 is 0.826 bits per heavy atom. The standard InChI is InChI=1S/C38H45NO7/c1-38(2,3)45-37(41)46-39-23-33(25-40)36(35(24-39)44-27-29-14-15-30-12-7-8-13-32(30)22-29)31-16-18-34(19-17-31)43-21-9-20-42-26-28-10-5-4-6-11-28/h4-8,10-19,22,33,35-36,40H,9,20-21,23-27H2,1-3H3. The fraction of sp³-hybridized carbons (Fsp3) is 0.395. The van der Waals surface area contributed by atoms with E-state index in [2.05, 4.69) is 42.5 Å². The van der Waals surface area contributed by atoms with Gasteiger partial charge in [0.2, 0.25) is 0 Å². The molecular formula is C38H45NO7. The SMILES string of the molecule is CC(C)(C)OC(=O)ON1CC(CO)C(c2ccc(OCCCOCc3ccccc3)cc2)C(OCc2ccc3ccccc3c2)C1. The number of hydrogen-bond acceptors (Lipinski definition) is 8. The smallest absolute Gasteiger partial charge is 0.494 e. The minimum absolute atomic E-state index is 0.101. The van der Waals surface area contributed by atoms with Gasteiger partial charge in [-0.1, -0.05) is 78.9 Å². The van der Waals surface area contributed by atoms with Gasteiger partial charge < -0.3 is 28.9 Å². The first-order chi connectivity index (χ1) is 22.3. The van der Waals surface area contributed by atoms with E-state index < -0.39 is 11.8 Å². The third kappa shape index (κ3) is 9.77. The van der Waals surface area contributed by atoms with Crippen LogP contribution in [0.2, 0.25) is 0 Å². The second kappa shape index (κ2) is 16.1. The Balaban J connectivity index is 1.23. The summed E-state index contributed by atoms with van der Waals surface area (Å²) in [5, 5.41) is 14.4. The molecule has 5 rings (SSSR count). The van der Waals surface area contributed by atoms with Gasteiger partial charge in [-0.2, -0.15) is 0 Å². The molecule has 4 aromatic carbocycles. The molecular weight excluding hydrogens is 582 g/mol. The summed E-state index contributed by atoms with van der Waals surface area (Å²) in [4.78, 5) is 18.1. The van der Waals surface area contributed by atoms with Crippen LogP contribution in [-0.2, 0) is 32.3 Å². The van der Waals surface area contributed by atoms with Crippen LogP contribution in [0.3, 0.4) is 0 Å². The van der Waals surface area contributed by atoms with Gasteiger partial charge in [-0.25, -0.2) is 4.79 Å². The summed E-state index contributed by atoms with van der Waals surface area (Å²) in [5.41, 5.74) is 2.54. The minimum atomic E-state index is -0.775. The van der Waals surface area contributed by atoms with E-state index in [9.17, 15) is 9.90 Å². The van der Waals surface area contributed by atoms with Crippen molar-refractivity contribution in [2.45, 2.75) is 58.0 Å². The van der Waals surface area contributed by atoms with Crippen LogP contribution in [0, 0.1) is 5.92 Å². The molecule has 1 heterocycles. The lowest BCUT2D eigenvalue weighted by Gasteiger charge is -2.42. The van der Waals surface area contributed by atoms with Crippen molar-refractivity contribution in [3.05, 3.63) is 114 Å². The van der Waals surface area contributed by atoms with Crippen LogP contribution in [0.5, 0.6) is 5.75 Å². The molecule has 244 valence electrons. The lowest BCUT2D eigenvalue weighted by Crippen LogP contribution is -2.51. The van der Waals surface area contributed by atoms with Crippen molar-refractivity contribution in [2.75, 3.05) is 32.9 Å². The molecule has 4 aromatic rings. The van der Waals surface area contributed by atoms with Gasteiger partial charge in [0.05, 0.1) is 39.1 Å². The van der Waals surface area contributed by atoms with Crippen LogP contribution in [0.25, 0.3) is 10.8 Å². The number of piperidine rings is 1. The van der Waals surface area contributed by atoms with Gasteiger partial charge in [0.25, 0.3) is 0 Å². The second-order valence-corrected chi connectivity index (χ2v) is 12.7. The Kier molecular flexibility index (Phi) is 11.7. The maximum atomic E-state index is 12.5. The van der Waals surface area contributed by atoms with Crippen molar-refractivity contribution in [3.8, 4) is 5.75 Å². The van der Waals surface area contributed by atoms with E-state index >= 15 is 0 Å². The summed E-state index contributed by atoms with van der Waals surface area (Å²) in [5.74, 6) is 0.391. The van der Waals surface area contributed by atoms with Crippen LogP contribution >= 0.6 is 0 Å². The van der Waals surface area contributed by atoms with Gasteiger partial charge in [-0.3, -0.25) is 0 Å². The number of rotatable bonds is 13. The first-order valence-corrected chi connectivity index (χ1v) is 16.0. The summed E-state index contributed by atoms with van der Waals surface area (Å²) >= 11 is 0. The first-order valence-electron chi connectivity index (χ1n) is 16.0. The van der Waals surface area contributed by atoms with Crippen molar-refractivity contribution in [1.82, 2.24) is 5.06 Å². The topological polar surface area (TPSA) is 86.7 Å². The van der Waals surface area contributed by atoms with Gasteiger partial charge in [-0.15, -0.1) is 5.06 Å². The normalized spacial score (nSPS) is 18.7. The highest BCUT2D eigenvalue weighted by atomic mass is 16.8. The van der Waals surface area contributed by atoms with Crippen molar-refractivity contribution < 1.29 is 33.7 Å². The number of hydroxylamine groups is 2. The number of aliphatic hydroxyl groups is 1. The maximum Gasteiger partial charge on any atom is 0.528 e. The Morgan fingerprint density at radius 3 is 2.30 bits per heavy atom. The van der Waals surface area contributed by atoms with Gasteiger partial charge in [0.1, 0.15) is 11.4 Å². The first kappa shape index (κ1) is 33.4. The number of nitrogens with zero attached hydrogens (tertiary/aromatic N) is 1. The molecule has 1 N–H and O–H groups in total. The van der Waals surface area contributed by atoms with E-state index in [1.165, 1.54) is 5.39 Å². The number of carbonyl (C=O) groups excluding carboxylic acids is 1. The maximum absolute atomic E-state index is 12.5. The van der Waals surface area contributed by atoms with E-state index in [1.807, 2.05) is 54.6 Å². The Bertz CT molecular complexity index is 1520. The lowest BCUT2D eigenvalue weighted by molar-refractivity contribution is -0.194. The molecule has 3 unspecified atom stereocenters. The number of carbonyl (C=O) groups is 1. The van der Waals surface area contributed by atoms with Gasteiger partial charge in [0.15, 0.2) is 0 Å². The fourth-order valence-electron chi connectivity index (χ4n) is 5.76. The highest BCUT2D eigenvalue weighted by Crippen LogP contribution is 2.36. The molecule has 3 atom stereocenters. The molecule has 8 heteroatoms. The van der Waals surface area contributed by atoms with Gasteiger partial charge >= 0.3 is 6.16 Å². The van der Waals surface area contributed by atoms with Crippen molar-refractivity contribution in [2.24, 2.45) is 5.92 Å². The average molecular weight is 628 g/mol. The largest absolute Gasteiger partial charge is 0.528 e. The zero-order chi connectivity index (χ0) is 32.4. The molecule has 0 amide bonds. The molecule has 0 aliphatic carbocycles. The number of hydrogen-bond donors (Lipinski definition) is 1. The van der Waals surface area contributed by atoms with Gasteiger partial charge in [0, 0.05) is 31.4 Å². The monoisotopic (exact) mass is 627 g/mol. The molecule has 8 nitrogen and oxygen atoms in total. The minimum Gasteiger partial charge on any atom is -0.494 e. The van der Waals surface area contributed by atoms with E-state index in [0.717, 1.165) is 34.2 Å². The van der Waals surface area contributed by atoms with E-state index in [1.54, 1.807) is 25.8 Å². The molecule has 1 fully saturated rings. The van der Waals surface area contributed by atoms with Crippen LogP contribution < -0.4 is 4.74 Å². The summed E-state index contributed by atoms with van der Waals surface area (Å²) in [6.07, 6.45) is -0.363. The molecule has 0 radical (unpaired) electrons. The number of benzene rings is 4. The number of aliphatic hydroxyl groups excluding tert-OH is 1. The molecule has 0 bridgehead atoms. The Morgan fingerprint density at radius 2 is 1.57 bits per heavy atom. The van der Waals surface area contributed by atoms with Crippen LogP contribution in [0.4, 0.5) is 4.79 Å². The summed E-state index contributed by atoms with van der Waals surface area (Å²) in [7, 11) is 0. The third-order valence-electron chi connectivity index (χ3n) is 7.91. The van der Waals surface area contributed by atoms with Crippen LogP contribution in [-0.4, -0.2) is 60.9 Å². The predicted octanol–water partition coefficient (Wildman–Crippen LogP) is 7.29. The molecule has 1 aliphatic rings. The van der Waals surface area contributed by atoms with Crippen LogP contribution in [0.1, 0.15) is 49.8 Å². The molecule has 0 spiro atoms. The second-order valence-electron chi connectivity index (χ2n) is 12.7. The number of fused-ring (bicyclic) bond motifs is 1. The molecule has 1 saturated heterocycles.